The van der Waals surface area contributed by atoms with Crippen molar-refractivity contribution >= 4 is 38.6 Å². The predicted octanol–water partition coefficient (Wildman–Crippen LogP) is 4.87. The molecule has 1 aliphatic carbocycles. The van der Waals surface area contributed by atoms with Gasteiger partial charge in [-0.3, -0.25) is 4.79 Å². The van der Waals surface area contributed by atoms with Crippen LogP contribution in [0.1, 0.15) is 55.6 Å². The maximum absolute atomic E-state index is 13.8. The number of nitrogens with zero attached hydrogens (tertiary/aromatic N) is 4. The van der Waals surface area contributed by atoms with Crippen molar-refractivity contribution < 1.29 is 9.53 Å². The minimum absolute atomic E-state index is 0.0378. The lowest BCUT2D eigenvalue weighted by atomic mass is 10.1. The van der Waals surface area contributed by atoms with Crippen molar-refractivity contribution in [2.75, 3.05) is 18.1 Å². The topological polar surface area (TPSA) is 60.2 Å². The number of pyridine rings is 1. The number of amides is 1. The van der Waals surface area contributed by atoms with Gasteiger partial charge in [0.25, 0.3) is 5.91 Å². The first-order valence-electron chi connectivity index (χ1n) is 9.98. The zero-order valence-corrected chi connectivity index (χ0v) is 18.4. The van der Waals surface area contributed by atoms with Crippen molar-refractivity contribution in [2.24, 2.45) is 0 Å². The number of hydrogen-bond donors (Lipinski definition) is 0. The van der Waals surface area contributed by atoms with Crippen LogP contribution in [0, 0.1) is 0 Å². The van der Waals surface area contributed by atoms with E-state index in [2.05, 4.69) is 41.8 Å². The number of ether oxygens (including phenoxy) is 1. The predicted molar refractivity (Wildman–Crippen MR) is 116 cm³/mol. The summed E-state index contributed by atoms with van der Waals surface area (Å²) in [4.78, 5) is 20.5. The standard InChI is InChI=1S/C22H23BrN4O2/c1-22(2,3)27-20-18(19(23)25-27)14(12-15(24-20)13-8-9-13)21(28)26-10-11-29-17-7-5-4-6-16(17)26/h4-7,12-13H,8-11H2,1-3H3. The summed E-state index contributed by atoms with van der Waals surface area (Å²) >= 11 is 3.59. The second kappa shape index (κ2) is 6.55. The van der Waals surface area contributed by atoms with E-state index >= 15 is 0 Å². The first-order chi connectivity index (χ1) is 13.8. The number of carbonyl (C=O) groups excluding carboxylic acids is 1. The Hall–Kier alpha value is -2.41. The number of anilines is 1. The monoisotopic (exact) mass is 454 g/mol. The lowest BCUT2D eigenvalue weighted by Crippen LogP contribution is -2.38. The number of fused-ring (bicyclic) bond motifs is 2. The summed E-state index contributed by atoms with van der Waals surface area (Å²) in [6.45, 7) is 7.28. The highest BCUT2D eigenvalue weighted by Gasteiger charge is 2.33. The summed E-state index contributed by atoms with van der Waals surface area (Å²) in [5.74, 6) is 1.14. The molecule has 0 bridgehead atoms. The summed E-state index contributed by atoms with van der Waals surface area (Å²) in [7, 11) is 0. The molecule has 0 unspecified atom stereocenters. The van der Waals surface area contributed by atoms with Gasteiger partial charge in [0.15, 0.2) is 5.65 Å². The van der Waals surface area contributed by atoms with E-state index in [-0.39, 0.29) is 11.4 Å². The molecule has 6 nitrogen and oxygen atoms in total. The molecule has 3 heterocycles. The van der Waals surface area contributed by atoms with Gasteiger partial charge in [0.05, 0.1) is 28.7 Å². The molecule has 1 aromatic carbocycles. The Bertz CT molecular complexity index is 1130. The van der Waals surface area contributed by atoms with Crippen LogP contribution >= 0.6 is 15.9 Å². The van der Waals surface area contributed by atoms with E-state index in [9.17, 15) is 4.79 Å². The second-order valence-corrected chi connectivity index (χ2v) is 9.47. The van der Waals surface area contributed by atoms with Crippen molar-refractivity contribution in [1.29, 1.82) is 0 Å². The molecule has 5 rings (SSSR count). The smallest absolute Gasteiger partial charge is 0.259 e. The second-order valence-electron chi connectivity index (χ2n) is 8.71. The highest BCUT2D eigenvalue weighted by Crippen LogP contribution is 2.42. The van der Waals surface area contributed by atoms with Crippen LogP contribution in [0.25, 0.3) is 11.0 Å². The number of halogens is 1. The minimum Gasteiger partial charge on any atom is -0.490 e. The molecule has 1 fully saturated rings. The Morgan fingerprint density at radius 2 is 2.00 bits per heavy atom. The van der Waals surface area contributed by atoms with Gasteiger partial charge in [-0.2, -0.15) is 5.10 Å². The van der Waals surface area contributed by atoms with Crippen LogP contribution in [0.15, 0.2) is 34.9 Å². The molecular weight excluding hydrogens is 432 g/mol. The average molecular weight is 455 g/mol. The summed E-state index contributed by atoms with van der Waals surface area (Å²) < 4.78 is 8.31. The molecule has 3 aromatic rings. The Morgan fingerprint density at radius 3 is 2.72 bits per heavy atom. The third-order valence-electron chi connectivity index (χ3n) is 5.45. The molecule has 0 spiro atoms. The summed E-state index contributed by atoms with van der Waals surface area (Å²) in [6, 6.07) is 9.66. The normalized spacial score (nSPS) is 16.6. The molecule has 0 radical (unpaired) electrons. The number of hydrogen-bond acceptors (Lipinski definition) is 4. The summed E-state index contributed by atoms with van der Waals surface area (Å²) in [6.07, 6.45) is 2.24. The molecule has 0 N–H and O–H groups in total. The van der Waals surface area contributed by atoms with Crippen LogP contribution in [0.5, 0.6) is 5.75 Å². The van der Waals surface area contributed by atoms with Gasteiger partial charge in [-0.05, 0) is 67.7 Å². The maximum atomic E-state index is 13.8. The van der Waals surface area contributed by atoms with Crippen LogP contribution in [-0.4, -0.2) is 33.8 Å². The van der Waals surface area contributed by atoms with E-state index < -0.39 is 0 Å². The van der Waals surface area contributed by atoms with Gasteiger partial charge >= 0.3 is 0 Å². The lowest BCUT2D eigenvalue weighted by molar-refractivity contribution is 0.0978. The lowest BCUT2D eigenvalue weighted by Gasteiger charge is -2.29. The summed E-state index contributed by atoms with van der Waals surface area (Å²) in [5, 5.41) is 5.47. The van der Waals surface area contributed by atoms with Crippen molar-refractivity contribution in [2.45, 2.75) is 45.1 Å². The fourth-order valence-corrected chi connectivity index (χ4v) is 4.39. The summed E-state index contributed by atoms with van der Waals surface area (Å²) in [5.41, 5.74) is 2.96. The van der Waals surface area contributed by atoms with E-state index in [4.69, 9.17) is 9.72 Å². The van der Waals surface area contributed by atoms with Crippen LogP contribution in [-0.2, 0) is 5.54 Å². The average Bonchev–Trinajstić information content (AvgIpc) is 3.49. The molecule has 2 aliphatic rings. The van der Waals surface area contributed by atoms with E-state index in [0.29, 0.717) is 29.2 Å². The molecule has 29 heavy (non-hydrogen) atoms. The Balaban J connectivity index is 1.71. The Labute approximate surface area is 178 Å². The SMILES string of the molecule is CC(C)(C)n1nc(Br)c2c(C(=O)N3CCOc4ccccc43)cc(C3CC3)nc21. The largest absolute Gasteiger partial charge is 0.490 e. The Morgan fingerprint density at radius 1 is 1.24 bits per heavy atom. The van der Waals surface area contributed by atoms with Crippen molar-refractivity contribution in [1.82, 2.24) is 14.8 Å². The molecule has 1 saturated carbocycles. The highest BCUT2D eigenvalue weighted by molar-refractivity contribution is 9.10. The van der Waals surface area contributed by atoms with Gasteiger partial charge < -0.3 is 9.64 Å². The fraction of sp³-hybridized carbons (Fsp3) is 0.409. The van der Waals surface area contributed by atoms with Gasteiger partial charge in [-0.15, -0.1) is 0 Å². The van der Waals surface area contributed by atoms with Crippen molar-refractivity contribution in [3.8, 4) is 5.75 Å². The number of aromatic nitrogens is 3. The maximum Gasteiger partial charge on any atom is 0.259 e. The van der Waals surface area contributed by atoms with Crippen LogP contribution in [0.3, 0.4) is 0 Å². The molecule has 1 amide bonds. The van der Waals surface area contributed by atoms with E-state index in [1.54, 1.807) is 0 Å². The fourth-order valence-electron chi connectivity index (χ4n) is 3.84. The highest BCUT2D eigenvalue weighted by atomic mass is 79.9. The Kier molecular flexibility index (Phi) is 4.21. The number of carbonyl (C=O) groups is 1. The third kappa shape index (κ3) is 3.12. The quantitative estimate of drug-likeness (QED) is 0.554. The van der Waals surface area contributed by atoms with Crippen molar-refractivity contribution in [3.63, 3.8) is 0 Å². The minimum atomic E-state index is -0.245. The van der Waals surface area contributed by atoms with Gasteiger partial charge in [0.1, 0.15) is 17.0 Å². The molecule has 0 atom stereocenters. The van der Waals surface area contributed by atoms with E-state index in [0.717, 1.165) is 41.0 Å². The molecular formula is C22H23BrN4O2. The number of para-hydroxylation sites is 2. The van der Waals surface area contributed by atoms with Crippen LogP contribution < -0.4 is 9.64 Å². The molecule has 0 saturated heterocycles. The van der Waals surface area contributed by atoms with Crippen LogP contribution in [0.4, 0.5) is 5.69 Å². The first-order valence-corrected chi connectivity index (χ1v) is 10.8. The number of rotatable bonds is 2. The number of benzene rings is 1. The van der Waals surface area contributed by atoms with Gasteiger partial charge in [0, 0.05) is 11.6 Å². The molecule has 150 valence electrons. The first kappa shape index (κ1) is 18.6. The third-order valence-corrected chi connectivity index (χ3v) is 6.01. The van der Waals surface area contributed by atoms with Gasteiger partial charge in [-0.25, -0.2) is 9.67 Å². The zero-order chi connectivity index (χ0) is 20.3. The molecule has 2 aromatic heterocycles. The van der Waals surface area contributed by atoms with Gasteiger partial charge in [-0.1, -0.05) is 12.1 Å². The van der Waals surface area contributed by atoms with Crippen LogP contribution in [0.2, 0.25) is 0 Å². The van der Waals surface area contributed by atoms with E-state index in [1.165, 1.54) is 0 Å². The van der Waals surface area contributed by atoms with Crippen molar-refractivity contribution in [3.05, 3.63) is 46.2 Å². The van der Waals surface area contributed by atoms with E-state index in [1.807, 2.05) is 39.9 Å². The molecule has 1 aliphatic heterocycles. The molecule has 7 heteroatoms. The zero-order valence-electron chi connectivity index (χ0n) is 16.8. The van der Waals surface area contributed by atoms with Gasteiger partial charge in [0.2, 0.25) is 0 Å².